The second kappa shape index (κ2) is 3.34. The van der Waals surface area contributed by atoms with Crippen molar-refractivity contribution in [2.24, 2.45) is 0 Å². The number of likely N-dealkylation sites (tertiary alicyclic amines) is 1. The van der Waals surface area contributed by atoms with Crippen molar-refractivity contribution >= 4 is 10.0 Å². The summed E-state index contributed by atoms with van der Waals surface area (Å²) < 4.78 is 25.8. The van der Waals surface area contributed by atoms with Crippen LogP contribution in [0.15, 0.2) is 17.3 Å². The van der Waals surface area contributed by atoms with Gasteiger partial charge in [-0.3, -0.25) is 5.10 Å². The van der Waals surface area contributed by atoms with E-state index in [0.29, 0.717) is 0 Å². The number of hydrogen-bond donors (Lipinski definition) is 2. The van der Waals surface area contributed by atoms with Crippen molar-refractivity contribution in [3.63, 3.8) is 0 Å². The molecule has 7 heteroatoms. The monoisotopic (exact) mass is 216 g/mol. The molecule has 0 radical (unpaired) electrons. The molecule has 1 aromatic heterocycles. The minimum Gasteiger partial charge on any atom is -0.303 e. The van der Waals surface area contributed by atoms with Crippen LogP contribution in [-0.4, -0.2) is 49.7 Å². The molecule has 0 aliphatic carbocycles. The van der Waals surface area contributed by atoms with Crippen LogP contribution in [0.4, 0.5) is 0 Å². The van der Waals surface area contributed by atoms with E-state index >= 15 is 0 Å². The van der Waals surface area contributed by atoms with E-state index in [9.17, 15) is 8.42 Å². The maximum absolute atomic E-state index is 11.6. The number of rotatable bonds is 3. The number of nitrogens with zero attached hydrogens (tertiary/aromatic N) is 2. The highest BCUT2D eigenvalue weighted by atomic mass is 32.2. The Morgan fingerprint density at radius 1 is 1.64 bits per heavy atom. The molecule has 0 aromatic carbocycles. The Labute approximate surface area is 82.4 Å². The minimum atomic E-state index is -3.40. The van der Waals surface area contributed by atoms with Crippen molar-refractivity contribution in [3.05, 3.63) is 12.3 Å². The van der Waals surface area contributed by atoms with Gasteiger partial charge in [0.25, 0.3) is 10.0 Å². The summed E-state index contributed by atoms with van der Waals surface area (Å²) in [4.78, 5) is 2.04. The lowest BCUT2D eigenvalue weighted by molar-refractivity contribution is 0.180. The van der Waals surface area contributed by atoms with Gasteiger partial charge < -0.3 is 4.90 Å². The number of aromatic nitrogens is 2. The number of likely N-dealkylation sites (N-methyl/N-ethyl adjacent to an activating group) is 1. The van der Waals surface area contributed by atoms with Crippen LogP contribution >= 0.6 is 0 Å². The zero-order valence-corrected chi connectivity index (χ0v) is 8.58. The van der Waals surface area contributed by atoms with Crippen LogP contribution in [0.2, 0.25) is 0 Å². The summed E-state index contributed by atoms with van der Waals surface area (Å²) in [5.74, 6) is 0. The number of hydrogen-bond acceptors (Lipinski definition) is 4. The van der Waals surface area contributed by atoms with E-state index in [1.165, 1.54) is 12.3 Å². The Morgan fingerprint density at radius 3 is 2.86 bits per heavy atom. The van der Waals surface area contributed by atoms with E-state index in [1.807, 2.05) is 11.9 Å². The van der Waals surface area contributed by atoms with E-state index in [2.05, 4.69) is 14.9 Å². The Hall–Kier alpha value is -0.920. The van der Waals surface area contributed by atoms with Crippen LogP contribution < -0.4 is 4.72 Å². The predicted molar refractivity (Wildman–Crippen MR) is 50.2 cm³/mol. The molecule has 2 rings (SSSR count). The Kier molecular flexibility index (Phi) is 2.30. The zero-order chi connectivity index (χ0) is 10.2. The fourth-order valence-corrected chi connectivity index (χ4v) is 2.58. The molecule has 1 saturated heterocycles. The van der Waals surface area contributed by atoms with Gasteiger partial charge in [-0.25, -0.2) is 13.1 Å². The third kappa shape index (κ3) is 1.79. The van der Waals surface area contributed by atoms with Gasteiger partial charge in [0.15, 0.2) is 5.03 Å². The Morgan fingerprint density at radius 2 is 2.36 bits per heavy atom. The quantitative estimate of drug-likeness (QED) is 0.679. The first kappa shape index (κ1) is 9.63. The van der Waals surface area contributed by atoms with Crippen molar-refractivity contribution in [2.75, 3.05) is 20.1 Å². The highest BCUT2D eigenvalue weighted by Gasteiger charge is 2.28. The van der Waals surface area contributed by atoms with E-state index in [1.54, 1.807) is 0 Å². The van der Waals surface area contributed by atoms with Gasteiger partial charge in [-0.15, -0.1) is 0 Å². The van der Waals surface area contributed by atoms with Gasteiger partial charge >= 0.3 is 0 Å². The Balaban J connectivity index is 2.04. The highest BCUT2D eigenvalue weighted by Crippen LogP contribution is 2.09. The van der Waals surface area contributed by atoms with Crippen LogP contribution in [0, 0.1) is 0 Å². The SMILES string of the molecule is CN1CC(NS(=O)(=O)c2ccn[nH]2)C1. The molecule has 0 unspecified atom stereocenters. The van der Waals surface area contributed by atoms with Gasteiger partial charge in [0.05, 0.1) is 6.20 Å². The summed E-state index contributed by atoms with van der Waals surface area (Å²) in [6, 6.07) is 1.46. The normalized spacial score (nSPS) is 19.5. The molecule has 14 heavy (non-hydrogen) atoms. The van der Waals surface area contributed by atoms with Crippen LogP contribution in [0.3, 0.4) is 0 Å². The number of sulfonamides is 1. The molecule has 1 fully saturated rings. The van der Waals surface area contributed by atoms with Crippen molar-refractivity contribution < 1.29 is 8.42 Å². The third-order valence-corrected chi connectivity index (χ3v) is 3.60. The first-order valence-corrected chi connectivity index (χ1v) is 5.76. The van der Waals surface area contributed by atoms with E-state index in [-0.39, 0.29) is 11.1 Å². The van der Waals surface area contributed by atoms with E-state index < -0.39 is 10.0 Å². The highest BCUT2D eigenvalue weighted by molar-refractivity contribution is 7.89. The summed E-state index contributed by atoms with van der Waals surface area (Å²) in [7, 11) is -1.45. The fraction of sp³-hybridized carbons (Fsp3) is 0.571. The molecule has 1 aromatic rings. The smallest absolute Gasteiger partial charge is 0.257 e. The topological polar surface area (TPSA) is 78.1 Å². The summed E-state index contributed by atoms with van der Waals surface area (Å²) >= 11 is 0. The largest absolute Gasteiger partial charge is 0.303 e. The average Bonchev–Trinajstić information content (AvgIpc) is 2.52. The van der Waals surface area contributed by atoms with Crippen LogP contribution in [-0.2, 0) is 10.0 Å². The van der Waals surface area contributed by atoms with E-state index in [4.69, 9.17) is 0 Å². The molecular formula is C7H12N4O2S. The van der Waals surface area contributed by atoms with Crippen molar-refractivity contribution in [1.29, 1.82) is 0 Å². The number of H-pyrrole nitrogens is 1. The zero-order valence-electron chi connectivity index (χ0n) is 7.77. The number of aromatic amines is 1. The maximum Gasteiger partial charge on any atom is 0.257 e. The van der Waals surface area contributed by atoms with Crippen molar-refractivity contribution in [2.45, 2.75) is 11.1 Å². The van der Waals surface area contributed by atoms with Crippen LogP contribution in [0.25, 0.3) is 0 Å². The van der Waals surface area contributed by atoms with Crippen molar-refractivity contribution in [3.8, 4) is 0 Å². The molecule has 78 valence electrons. The molecule has 0 bridgehead atoms. The summed E-state index contributed by atoms with van der Waals surface area (Å²) in [6.07, 6.45) is 1.42. The summed E-state index contributed by atoms with van der Waals surface area (Å²) in [6.45, 7) is 1.51. The minimum absolute atomic E-state index is 0.0216. The second-order valence-electron chi connectivity index (χ2n) is 3.46. The third-order valence-electron chi connectivity index (χ3n) is 2.15. The second-order valence-corrected chi connectivity index (χ2v) is 5.14. The van der Waals surface area contributed by atoms with Gasteiger partial charge in [0, 0.05) is 19.1 Å². The number of nitrogens with one attached hydrogen (secondary N) is 2. The van der Waals surface area contributed by atoms with Crippen LogP contribution in [0.5, 0.6) is 0 Å². The molecule has 0 spiro atoms. The summed E-state index contributed by atoms with van der Waals surface area (Å²) in [5, 5.41) is 6.15. The standard InChI is InChI=1S/C7H12N4O2S/c1-11-4-6(5-11)10-14(12,13)7-2-3-8-9-7/h2-3,6,10H,4-5H2,1H3,(H,8,9). The molecule has 6 nitrogen and oxygen atoms in total. The van der Waals surface area contributed by atoms with E-state index in [0.717, 1.165) is 13.1 Å². The van der Waals surface area contributed by atoms with Gasteiger partial charge in [-0.05, 0) is 13.1 Å². The molecule has 0 amide bonds. The molecule has 1 aliphatic heterocycles. The summed E-state index contributed by atoms with van der Waals surface area (Å²) in [5.41, 5.74) is 0. The van der Waals surface area contributed by atoms with Gasteiger partial charge in [0.1, 0.15) is 0 Å². The lowest BCUT2D eigenvalue weighted by Crippen LogP contribution is -2.57. The first-order valence-electron chi connectivity index (χ1n) is 4.28. The first-order chi connectivity index (χ1) is 6.58. The van der Waals surface area contributed by atoms with Gasteiger partial charge in [0.2, 0.25) is 0 Å². The molecule has 2 heterocycles. The van der Waals surface area contributed by atoms with Gasteiger partial charge in [-0.1, -0.05) is 0 Å². The van der Waals surface area contributed by atoms with Gasteiger partial charge in [-0.2, -0.15) is 5.10 Å². The fourth-order valence-electron chi connectivity index (χ4n) is 1.45. The molecule has 0 atom stereocenters. The predicted octanol–water partition coefficient (Wildman–Crippen LogP) is -0.998. The van der Waals surface area contributed by atoms with Crippen LogP contribution in [0.1, 0.15) is 0 Å². The molecule has 0 saturated carbocycles. The molecule has 1 aliphatic rings. The molecular weight excluding hydrogens is 204 g/mol. The lowest BCUT2D eigenvalue weighted by Gasteiger charge is -2.35. The molecule has 2 N–H and O–H groups in total. The average molecular weight is 216 g/mol. The lowest BCUT2D eigenvalue weighted by atomic mass is 10.2. The Bertz CT molecular complexity index is 393. The maximum atomic E-state index is 11.6. The van der Waals surface area contributed by atoms with Crippen molar-refractivity contribution in [1.82, 2.24) is 19.8 Å².